The van der Waals surface area contributed by atoms with Crippen molar-refractivity contribution in [2.24, 2.45) is 0 Å². The average Bonchev–Trinajstić information content (AvgIpc) is 3.00. The van der Waals surface area contributed by atoms with Gasteiger partial charge in [-0.25, -0.2) is 4.98 Å². The van der Waals surface area contributed by atoms with Crippen LogP contribution in [0.25, 0.3) is 21.1 Å². The van der Waals surface area contributed by atoms with Crippen LogP contribution in [-0.2, 0) is 0 Å². The molecule has 84 valence electrons. The Balaban J connectivity index is 2.04. The molecular weight excluding hydrogens is 316 g/mol. The second kappa shape index (κ2) is 4.68. The van der Waals surface area contributed by atoms with Crippen molar-refractivity contribution in [3.8, 4) is 21.1 Å². The Kier molecular flexibility index (Phi) is 3.05. The normalized spacial score (nSPS) is 10.6. The van der Waals surface area contributed by atoms with Crippen LogP contribution < -0.4 is 0 Å². The van der Waals surface area contributed by atoms with Crippen molar-refractivity contribution in [2.45, 2.75) is 0 Å². The van der Waals surface area contributed by atoms with E-state index in [0.717, 1.165) is 25.6 Å². The highest BCUT2D eigenvalue weighted by Crippen LogP contribution is 2.33. The third-order valence-corrected chi connectivity index (χ3v) is 4.77. The quantitative estimate of drug-likeness (QED) is 0.683. The maximum Gasteiger partial charge on any atom is 0.135 e. The highest BCUT2D eigenvalue weighted by atomic mass is 79.9. The lowest BCUT2D eigenvalue weighted by Gasteiger charge is -1.98. The van der Waals surface area contributed by atoms with Gasteiger partial charge >= 0.3 is 0 Å². The number of benzene rings is 1. The maximum atomic E-state index is 4.64. The zero-order chi connectivity index (χ0) is 11.7. The van der Waals surface area contributed by atoms with Crippen LogP contribution in [0.2, 0.25) is 0 Å². The smallest absolute Gasteiger partial charge is 0.135 e. The van der Waals surface area contributed by atoms with Gasteiger partial charge in [0, 0.05) is 21.6 Å². The predicted octanol–water partition coefficient (Wildman–Crippen LogP) is 4.70. The molecule has 0 radical (unpaired) electrons. The molecule has 0 saturated carbocycles. The molecule has 1 aromatic carbocycles. The fourth-order valence-corrected chi connectivity index (χ4v) is 3.50. The molecule has 2 heterocycles. The van der Waals surface area contributed by atoms with Gasteiger partial charge < -0.3 is 0 Å². The van der Waals surface area contributed by atoms with Crippen LogP contribution in [0.3, 0.4) is 0 Å². The lowest BCUT2D eigenvalue weighted by atomic mass is 10.2. The first kappa shape index (κ1) is 11.1. The molecule has 3 rings (SSSR count). The molecule has 2 aromatic heterocycles. The van der Waals surface area contributed by atoms with Crippen LogP contribution in [-0.4, -0.2) is 9.97 Å². The summed E-state index contributed by atoms with van der Waals surface area (Å²) in [5.41, 5.74) is 3.96. The van der Waals surface area contributed by atoms with Crippen molar-refractivity contribution < 1.29 is 0 Å². The fraction of sp³-hybridized carbons (Fsp3) is 0. The Morgan fingerprint density at radius 3 is 2.76 bits per heavy atom. The minimum Gasteiger partial charge on any atom is -0.252 e. The van der Waals surface area contributed by atoms with Crippen molar-refractivity contribution in [1.82, 2.24) is 9.97 Å². The van der Waals surface area contributed by atoms with Gasteiger partial charge in [-0.05, 0) is 6.07 Å². The molecule has 3 aromatic rings. The van der Waals surface area contributed by atoms with E-state index in [1.807, 2.05) is 29.9 Å². The van der Waals surface area contributed by atoms with Gasteiger partial charge in [0.05, 0.1) is 16.1 Å². The molecule has 0 aliphatic heterocycles. The predicted molar refractivity (Wildman–Crippen MR) is 76.4 cm³/mol. The Morgan fingerprint density at radius 2 is 2.00 bits per heavy atom. The van der Waals surface area contributed by atoms with E-state index in [4.69, 9.17) is 0 Å². The first-order valence-electron chi connectivity index (χ1n) is 4.94. The van der Waals surface area contributed by atoms with Crippen LogP contribution in [0, 0.1) is 0 Å². The summed E-state index contributed by atoms with van der Waals surface area (Å²) in [7, 11) is 0. The van der Waals surface area contributed by atoms with Gasteiger partial charge in [-0.15, -0.1) is 22.7 Å². The number of halogens is 1. The zero-order valence-electron chi connectivity index (χ0n) is 8.63. The van der Waals surface area contributed by atoms with E-state index in [1.165, 1.54) is 0 Å². The number of rotatable bonds is 2. The Labute approximate surface area is 115 Å². The molecule has 0 bridgehead atoms. The van der Waals surface area contributed by atoms with E-state index in [2.05, 4.69) is 37.3 Å². The highest BCUT2D eigenvalue weighted by molar-refractivity contribution is 9.10. The van der Waals surface area contributed by atoms with Crippen LogP contribution >= 0.6 is 38.6 Å². The van der Waals surface area contributed by atoms with Crippen molar-refractivity contribution in [1.29, 1.82) is 0 Å². The summed E-state index contributed by atoms with van der Waals surface area (Å²) in [5.74, 6) is 0. The highest BCUT2D eigenvalue weighted by Gasteiger charge is 2.09. The molecule has 0 amide bonds. The molecule has 0 spiro atoms. The van der Waals surface area contributed by atoms with Crippen LogP contribution in [0.5, 0.6) is 0 Å². The minimum absolute atomic E-state index is 1.01. The monoisotopic (exact) mass is 322 g/mol. The van der Waals surface area contributed by atoms with Crippen molar-refractivity contribution in [3.05, 3.63) is 45.8 Å². The fourth-order valence-electron chi connectivity index (χ4n) is 1.50. The number of hydrogen-bond donors (Lipinski definition) is 0. The third kappa shape index (κ3) is 2.18. The lowest BCUT2D eigenvalue weighted by Crippen LogP contribution is -1.79. The van der Waals surface area contributed by atoms with E-state index < -0.39 is 0 Å². The summed E-state index contributed by atoms with van der Waals surface area (Å²) in [4.78, 5) is 9.84. The second-order valence-electron chi connectivity index (χ2n) is 3.38. The number of thiazole rings is 2. The number of nitrogens with zero attached hydrogens (tertiary/aromatic N) is 2. The molecule has 0 unspecified atom stereocenters. The van der Waals surface area contributed by atoms with Crippen molar-refractivity contribution in [3.63, 3.8) is 0 Å². The van der Waals surface area contributed by atoms with E-state index in [1.54, 1.807) is 22.7 Å². The Bertz CT molecular complexity index is 632. The molecule has 2 nitrogen and oxygen atoms in total. The van der Waals surface area contributed by atoms with E-state index in [9.17, 15) is 0 Å². The summed E-state index contributed by atoms with van der Waals surface area (Å²) in [6, 6.07) is 8.12. The Hall–Kier alpha value is -1.04. The number of aromatic nitrogens is 2. The lowest BCUT2D eigenvalue weighted by molar-refractivity contribution is 1.38. The summed E-state index contributed by atoms with van der Waals surface area (Å²) in [6.07, 6.45) is 1.85. The zero-order valence-corrected chi connectivity index (χ0v) is 11.8. The summed E-state index contributed by atoms with van der Waals surface area (Å²) in [5, 5.41) is 3.10. The molecule has 0 aliphatic rings. The van der Waals surface area contributed by atoms with Gasteiger partial charge in [0.1, 0.15) is 5.01 Å². The molecule has 0 atom stereocenters. The van der Waals surface area contributed by atoms with Crippen LogP contribution in [0.4, 0.5) is 0 Å². The largest absolute Gasteiger partial charge is 0.252 e. The van der Waals surface area contributed by atoms with E-state index in [0.29, 0.717) is 0 Å². The third-order valence-electron chi connectivity index (χ3n) is 2.30. The van der Waals surface area contributed by atoms with Gasteiger partial charge in [0.2, 0.25) is 0 Å². The standard InChI is InChI=1S/C12H7BrN2S2/c13-9-4-2-1-3-8(9)10-6-16-12(15-10)11-5-14-7-17-11/h1-7H. The SMILES string of the molecule is Brc1ccccc1-c1csc(-c2cncs2)n1. The van der Waals surface area contributed by atoms with Gasteiger partial charge in [0.25, 0.3) is 0 Å². The Morgan fingerprint density at radius 1 is 1.12 bits per heavy atom. The van der Waals surface area contributed by atoms with Gasteiger partial charge in [-0.2, -0.15) is 0 Å². The van der Waals surface area contributed by atoms with E-state index in [-0.39, 0.29) is 0 Å². The molecule has 17 heavy (non-hydrogen) atoms. The molecule has 5 heteroatoms. The second-order valence-corrected chi connectivity index (χ2v) is 5.98. The van der Waals surface area contributed by atoms with Gasteiger partial charge in [0.15, 0.2) is 0 Å². The van der Waals surface area contributed by atoms with E-state index >= 15 is 0 Å². The first-order valence-corrected chi connectivity index (χ1v) is 7.49. The summed E-state index contributed by atoms with van der Waals surface area (Å²) in [6.45, 7) is 0. The minimum atomic E-state index is 1.01. The average molecular weight is 323 g/mol. The maximum absolute atomic E-state index is 4.64. The molecule has 0 aliphatic carbocycles. The molecule has 0 N–H and O–H groups in total. The summed E-state index contributed by atoms with van der Waals surface area (Å²) < 4.78 is 1.07. The summed E-state index contributed by atoms with van der Waals surface area (Å²) >= 11 is 6.81. The van der Waals surface area contributed by atoms with Crippen LogP contribution in [0.15, 0.2) is 45.8 Å². The molecular formula is C12H7BrN2S2. The molecule has 0 fully saturated rings. The topological polar surface area (TPSA) is 25.8 Å². The first-order chi connectivity index (χ1) is 8.34. The van der Waals surface area contributed by atoms with Gasteiger partial charge in [-0.3, -0.25) is 4.98 Å². The molecule has 0 saturated heterocycles. The number of hydrogen-bond acceptors (Lipinski definition) is 4. The van der Waals surface area contributed by atoms with Crippen molar-refractivity contribution >= 4 is 38.6 Å². The van der Waals surface area contributed by atoms with Gasteiger partial charge in [-0.1, -0.05) is 34.1 Å². The van der Waals surface area contributed by atoms with Crippen molar-refractivity contribution in [2.75, 3.05) is 0 Å². The van der Waals surface area contributed by atoms with Crippen LogP contribution in [0.1, 0.15) is 0 Å².